The van der Waals surface area contributed by atoms with E-state index in [0.717, 1.165) is 16.8 Å². The van der Waals surface area contributed by atoms with Gasteiger partial charge in [0.2, 0.25) is 0 Å². The lowest BCUT2D eigenvalue weighted by Crippen LogP contribution is -2.32. The van der Waals surface area contributed by atoms with Crippen LogP contribution in [0.2, 0.25) is 0 Å². The second-order valence-corrected chi connectivity index (χ2v) is 8.62. The standard InChI is InChI=1S/C24H27N3O3S/c1-15(2)20(17-7-9-18(10-8-17)22-13-31-14-27-22)12-26-23(28)19-5-3-16(4-6-19)11-21(25)24(29)30/h3-10,13-15,20-21H,11-12,25H2,1-2H3,(H,26,28)(H,29,30). The van der Waals surface area contributed by atoms with E-state index in [1.807, 2.05) is 10.9 Å². The molecule has 31 heavy (non-hydrogen) atoms. The topological polar surface area (TPSA) is 105 Å². The predicted octanol–water partition coefficient (Wildman–Crippen LogP) is 3.93. The number of aromatic nitrogens is 1. The van der Waals surface area contributed by atoms with Crippen LogP contribution in [0.5, 0.6) is 0 Å². The van der Waals surface area contributed by atoms with Crippen LogP contribution in [0.25, 0.3) is 11.3 Å². The van der Waals surface area contributed by atoms with E-state index in [1.165, 1.54) is 5.56 Å². The van der Waals surface area contributed by atoms with Crippen molar-refractivity contribution in [3.05, 3.63) is 76.1 Å². The first kappa shape index (κ1) is 22.7. The first-order valence-corrected chi connectivity index (χ1v) is 11.1. The molecule has 162 valence electrons. The number of thiazole rings is 1. The zero-order valence-corrected chi connectivity index (χ0v) is 18.4. The maximum atomic E-state index is 12.6. The molecule has 0 saturated heterocycles. The lowest BCUT2D eigenvalue weighted by molar-refractivity contribution is -0.138. The number of hydrogen-bond acceptors (Lipinski definition) is 5. The second kappa shape index (κ2) is 10.3. The smallest absolute Gasteiger partial charge is 0.320 e. The van der Waals surface area contributed by atoms with E-state index < -0.39 is 12.0 Å². The summed E-state index contributed by atoms with van der Waals surface area (Å²) in [5, 5.41) is 14.0. The number of nitrogens with zero attached hydrogens (tertiary/aromatic N) is 1. The van der Waals surface area contributed by atoms with Crippen LogP contribution in [-0.2, 0) is 11.2 Å². The van der Waals surface area contributed by atoms with E-state index in [9.17, 15) is 9.59 Å². The van der Waals surface area contributed by atoms with Gasteiger partial charge in [0.15, 0.2) is 0 Å². The summed E-state index contributed by atoms with van der Waals surface area (Å²) in [6.07, 6.45) is 0.226. The van der Waals surface area contributed by atoms with Crippen molar-refractivity contribution in [2.24, 2.45) is 11.7 Å². The highest BCUT2D eigenvalue weighted by Gasteiger charge is 2.18. The van der Waals surface area contributed by atoms with Crippen LogP contribution < -0.4 is 11.1 Å². The van der Waals surface area contributed by atoms with Crippen LogP contribution in [0.4, 0.5) is 0 Å². The first-order valence-electron chi connectivity index (χ1n) is 10.2. The number of carboxylic acids is 1. The lowest BCUT2D eigenvalue weighted by atomic mass is 9.87. The summed E-state index contributed by atoms with van der Waals surface area (Å²) in [5.74, 6) is -0.661. The fraction of sp³-hybridized carbons (Fsp3) is 0.292. The molecule has 6 nitrogen and oxygen atoms in total. The Morgan fingerprint density at radius 3 is 2.32 bits per heavy atom. The predicted molar refractivity (Wildman–Crippen MR) is 123 cm³/mol. The summed E-state index contributed by atoms with van der Waals surface area (Å²) >= 11 is 1.57. The van der Waals surface area contributed by atoms with Crippen molar-refractivity contribution >= 4 is 23.2 Å². The summed E-state index contributed by atoms with van der Waals surface area (Å²) in [6.45, 7) is 4.81. The Morgan fingerprint density at radius 2 is 1.77 bits per heavy atom. The number of benzene rings is 2. The van der Waals surface area contributed by atoms with Crippen molar-refractivity contribution < 1.29 is 14.7 Å². The maximum absolute atomic E-state index is 12.6. The molecule has 2 atom stereocenters. The minimum absolute atomic E-state index is 0.154. The number of carboxylic acid groups (broad SMARTS) is 1. The molecule has 0 saturated carbocycles. The van der Waals surface area contributed by atoms with Crippen molar-refractivity contribution in [1.29, 1.82) is 0 Å². The molecular weight excluding hydrogens is 410 g/mol. The van der Waals surface area contributed by atoms with Gasteiger partial charge in [0.05, 0.1) is 11.2 Å². The highest BCUT2D eigenvalue weighted by molar-refractivity contribution is 7.07. The lowest BCUT2D eigenvalue weighted by Gasteiger charge is -2.22. The molecule has 3 aromatic rings. The molecule has 0 aliphatic rings. The van der Waals surface area contributed by atoms with Crippen LogP contribution in [0.3, 0.4) is 0 Å². The minimum Gasteiger partial charge on any atom is -0.480 e. The van der Waals surface area contributed by atoms with Gasteiger partial charge in [0, 0.05) is 29.0 Å². The van der Waals surface area contributed by atoms with E-state index in [2.05, 4.69) is 48.4 Å². The molecule has 0 aliphatic heterocycles. The van der Waals surface area contributed by atoms with Crippen molar-refractivity contribution in [3.8, 4) is 11.3 Å². The quantitative estimate of drug-likeness (QED) is 0.470. The van der Waals surface area contributed by atoms with Crippen LogP contribution in [-0.4, -0.2) is 34.6 Å². The van der Waals surface area contributed by atoms with Gasteiger partial charge in [-0.05, 0) is 35.6 Å². The number of hydrogen-bond donors (Lipinski definition) is 3. The number of amides is 1. The third kappa shape index (κ3) is 5.99. The number of nitrogens with one attached hydrogen (secondary N) is 1. The third-order valence-corrected chi connectivity index (χ3v) is 5.93. The average Bonchev–Trinajstić information content (AvgIpc) is 3.29. The van der Waals surface area contributed by atoms with Crippen molar-refractivity contribution in [2.75, 3.05) is 6.54 Å². The van der Waals surface area contributed by atoms with Crippen LogP contribution in [0.15, 0.2) is 59.4 Å². The zero-order chi connectivity index (χ0) is 22.4. The summed E-state index contributed by atoms with van der Waals surface area (Å²) in [6, 6.07) is 14.3. The van der Waals surface area contributed by atoms with Crippen molar-refractivity contribution in [2.45, 2.75) is 32.2 Å². The summed E-state index contributed by atoms with van der Waals surface area (Å²) in [4.78, 5) is 27.8. The number of nitrogens with two attached hydrogens (primary N) is 1. The molecule has 3 rings (SSSR count). The van der Waals surface area contributed by atoms with E-state index in [-0.39, 0.29) is 18.2 Å². The highest BCUT2D eigenvalue weighted by atomic mass is 32.1. The van der Waals surface area contributed by atoms with Gasteiger partial charge in [-0.25, -0.2) is 4.98 Å². The largest absolute Gasteiger partial charge is 0.480 e. The van der Waals surface area contributed by atoms with Gasteiger partial charge >= 0.3 is 5.97 Å². The maximum Gasteiger partial charge on any atom is 0.320 e. The zero-order valence-electron chi connectivity index (χ0n) is 17.6. The van der Waals surface area contributed by atoms with Crippen LogP contribution in [0, 0.1) is 5.92 Å². The molecule has 2 unspecified atom stereocenters. The Morgan fingerprint density at radius 1 is 1.10 bits per heavy atom. The van der Waals surface area contributed by atoms with Gasteiger partial charge in [-0.1, -0.05) is 50.2 Å². The average molecular weight is 438 g/mol. The molecule has 0 aliphatic carbocycles. The summed E-state index contributed by atoms with van der Waals surface area (Å²) in [7, 11) is 0. The Balaban J connectivity index is 1.62. The Bertz CT molecular complexity index is 1000. The monoisotopic (exact) mass is 437 g/mol. The van der Waals surface area contributed by atoms with E-state index in [0.29, 0.717) is 18.0 Å². The van der Waals surface area contributed by atoms with Crippen molar-refractivity contribution in [1.82, 2.24) is 10.3 Å². The Hall–Kier alpha value is -3.03. The number of aliphatic carboxylic acids is 1. The molecule has 1 aromatic heterocycles. The highest BCUT2D eigenvalue weighted by Crippen LogP contribution is 2.27. The summed E-state index contributed by atoms with van der Waals surface area (Å²) < 4.78 is 0. The normalized spacial score (nSPS) is 13.0. The molecule has 7 heteroatoms. The number of carbonyl (C=O) groups excluding carboxylic acids is 1. The molecule has 4 N–H and O–H groups in total. The van der Waals surface area contributed by atoms with Gasteiger partial charge in [-0.2, -0.15) is 0 Å². The van der Waals surface area contributed by atoms with E-state index in [4.69, 9.17) is 10.8 Å². The Labute approximate surface area is 186 Å². The van der Waals surface area contributed by atoms with Gasteiger partial charge in [0.1, 0.15) is 6.04 Å². The molecule has 2 aromatic carbocycles. The number of rotatable bonds is 9. The molecule has 1 amide bonds. The van der Waals surface area contributed by atoms with Gasteiger partial charge < -0.3 is 16.2 Å². The van der Waals surface area contributed by atoms with E-state index in [1.54, 1.807) is 35.6 Å². The Kier molecular flexibility index (Phi) is 7.55. The molecule has 0 spiro atoms. The molecular formula is C24H27N3O3S. The van der Waals surface area contributed by atoms with Gasteiger partial charge in [-0.15, -0.1) is 11.3 Å². The molecule has 0 fully saturated rings. The van der Waals surface area contributed by atoms with Crippen molar-refractivity contribution in [3.63, 3.8) is 0 Å². The third-order valence-electron chi connectivity index (χ3n) is 5.34. The number of carbonyl (C=O) groups is 2. The fourth-order valence-corrected chi connectivity index (χ4v) is 3.99. The van der Waals surface area contributed by atoms with Crippen LogP contribution >= 0.6 is 11.3 Å². The van der Waals surface area contributed by atoms with Crippen LogP contribution in [0.1, 0.15) is 41.3 Å². The van der Waals surface area contributed by atoms with Gasteiger partial charge in [-0.3, -0.25) is 9.59 Å². The fourth-order valence-electron chi connectivity index (χ4n) is 3.43. The van der Waals surface area contributed by atoms with Gasteiger partial charge in [0.25, 0.3) is 5.91 Å². The minimum atomic E-state index is -1.04. The molecule has 0 radical (unpaired) electrons. The molecule has 0 bridgehead atoms. The second-order valence-electron chi connectivity index (χ2n) is 7.90. The molecule has 1 heterocycles. The summed E-state index contributed by atoms with van der Waals surface area (Å²) in [5.41, 5.74) is 11.9. The van der Waals surface area contributed by atoms with E-state index >= 15 is 0 Å². The SMILES string of the molecule is CC(C)C(CNC(=O)c1ccc(CC(N)C(=O)O)cc1)c1ccc(-c2cscn2)cc1. The first-order chi connectivity index (χ1) is 14.8.